The Bertz CT molecular complexity index is 942. The van der Waals surface area contributed by atoms with Crippen LogP contribution in [0.1, 0.15) is 34.3 Å². The van der Waals surface area contributed by atoms with Gasteiger partial charge in [-0.05, 0) is 48.7 Å². The summed E-state index contributed by atoms with van der Waals surface area (Å²) in [7, 11) is 1.90. The number of nitrogens with zero attached hydrogens (tertiary/aromatic N) is 4. The largest absolute Gasteiger partial charge is 0.381 e. The van der Waals surface area contributed by atoms with E-state index in [-0.39, 0.29) is 5.91 Å². The van der Waals surface area contributed by atoms with Gasteiger partial charge in [-0.2, -0.15) is 5.10 Å². The highest BCUT2D eigenvalue weighted by molar-refractivity contribution is 5.94. The van der Waals surface area contributed by atoms with Crippen molar-refractivity contribution < 1.29 is 4.79 Å². The predicted molar refractivity (Wildman–Crippen MR) is 114 cm³/mol. The van der Waals surface area contributed by atoms with Crippen molar-refractivity contribution in [2.75, 3.05) is 23.3 Å². The van der Waals surface area contributed by atoms with E-state index >= 15 is 0 Å². The fourth-order valence-corrected chi connectivity index (χ4v) is 3.45. The highest BCUT2D eigenvalue weighted by atomic mass is 16.1. The summed E-state index contributed by atoms with van der Waals surface area (Å²) in [4.78, 5) is 19.2. The summed E-state index contributed by atoms with van der Waals surface area (Å²) in [6.45, 7) is 3.32. The van der Waals surface area contributed by atoms with E-state index in [1.807, 2.05) is 62.0 Å². The topological polar surface area (TPSA) is 75.1 Å². The van der Waals surface area contributed by atoms with Gasteiger partial charge in [-0.3, -0.25) is 9.48 Å². The molecule has 7 heteroatoms. The third-order valence-corrected chi connectivity index (χ3v) is 5.09. The molecule has 0 bridgehead atoms. The smallest absolute Gasteiger partial charge is 0.251 e. The Kier molecular flexibility index (Phi) is 5.74. The van der Waals surface area contributed by atoms with Crippen LogP contribution >= 0.6 is 0 Å². The summed E-state index contributed by atoms with van der Waals surface area (Å²) >= 11 is 0. The number of carbonyl (C=O) groups is 1. The van der Waals surface area contributed by atoms with Gasteiger partial charge in [0.15, 0.2) is 0 Å². The van der Waals surface area contributed by atoms with Crippen LogP contribution in [0.3, 0.4) is 0 Å². The van der Waals surface area contributed by atoms with Crippen LogP contribution in [0.15, 0.2) is 55.0 Å². The van der Waals surface area contributed by atoms with E-state index in [1.165, 1.54) is 12.8 Å². The van der Waals surface area contributed by atoms with Crippen molar-refractivity contribution in [2.24, 2.45) is 7.05 Å². The number of anilines is 2. The van der Waals surface area contributed by atoms with Crippen molar-refractivity contribution in [3.63, 3.8) is 0 Å². The second kappa shape index (κ2) is 8.77. The SMILES string of the molecule is Cn1cc(CNc2ccc(C(=O)NCc3ccc(N4CCCC4)nc3)cc2)cn1. The van der Waals surface area contributed by atoms with Crippen molar-refractivity contribution >= 4 is 17.4 Å². The van der Waals surface area contributed by atoms with Crippen LogP contribution in [0.2, 0.25) is 0 Å². The molecule has 3 aromatic rings. The molecule has 0 spiro atoms. The lowest BCUT2D eigenvalue weighted by Gasteiger charge is -2.16. The first kappa shape index (κ1) is 19.0. The maximum Gasteiger partial charge on any atom is 0.251 e. The zero-order valence-corrected chi connectivity index (χ0v) is 16.6. The maximum absolute atomic E-state index is 12.4. The Morgan fingerprint density at radius 3 is 2.45 bits per heavy atom. The lowest BCUT2D eigenvalue weighted by Crippen LogP contribution is -2.23. The molecule has 4 rings (SSSR count). The number of aryl methyl sites for hydroxylation is 1. The molecular weight excluding hydrogens is 364 g/mol. The lowest BCUT2D eigenvalue weighted by molar-refractivity contribution is 0.0951. The molecule has 1 aromatic carbocycles. The summed E-state index contributed by atoms with van der Waals surface area (Å²) in [5, 5.41) is 10.4. The van der Waals surface area contributed by atoms with Gasteiger partial charge in [-0.1, -0.05) is 6.07 Å². The molecule has 0 radical (unpaired) electrons. The van der Waals surface area contributed by atoms with Crippen molar-refractivity contribution in [3.8, 4) is 0 Å². The van der Waals surface area contributed by atoms with E-state index in [2.05, 4.69) is 25.6 Å². The minimum atomic E-state index is -0.0903. The number of nitrogens with one attached hydrogen (secondary N) is 2. The highest BCUT2D eigenvalue weighted by Crippen LogP contribution is 2.17. The molecule has 2 aromatic heterocycles. The number of aromatic nitrogens is 3. The van der Waals surface area contributed by atoms with Crippen LogP contribution in [-0.2, 0) is 20.1 Å². The Labute approximate surface area is 170 Å². The number of pyridine rings is 1. The first-order chi connectivity index (χ1) is 14.2. The van der Waals surface area contributed by atoms with Gasteiger partial charge < -0.3 is 15.5 Å². The van der Waals surface area contributed by atoms with Crippen LogP contribution in [0.5, 0.6) is 0 Å². The average Bonchev–Trinajstić information content (AvgIpc) is 3.43. The monoisotopic (exact) mass is 390 g/mol. The van der Waals surface area contributed by atoms with E-state index in [1.54, 1.807) is 4.68 Å². The predicted octanol–water partition coefficient (Wildman–Crippen LogP) is 2.96. The number of carbonyl (C=O) groups excluding carboxylic acids is 1. The number of amides is 1. The summed E-state index contributed by atoms with van der Waals surface area (Å²) in [6.07, 6.45) is 8.12. The van der Waals surface area contributed by atoms with Crippen LogP contribution < -0.4 is 15.5 Å². The van der Waals surface area contributed by atoms with Crippen LogP contribution in [0.25, 0.3) is 0 Å². The highest BCUT2D eigenvalue weighted by Gasteiger charge is 2.13. The summed E-state index contributed by atoms with van der Waals surface area (Å²) < 4.78 is 1.78. The molecule has 1 aliphatic heterocycles. The van der Waals surface area contributed by atoms with E-state index in [0.29, 0.717) is 18.7 Å². The summed E-state index contributed by atoms with van der Waals surface area (Å²) in [6, 6.07) is 11.6. The quantitative estimate of drug-likeness (QED) is 0.649. The van der Waals surface area contributed by atoms with Gasteiger partial charge >= 0.3 is 0 Å². The molecule has 0 unspecified atom stereocenters. The number of hydrogen-bond donors (Lipinski definition) is 2. The molecule has 1 amide bonds. The first-order valence-corrected chi connectivity index (χ1v) is 9.97. The normalized spacial score (nSPS) is 13.5. The Morgan fingerprint density at radius 1 is 1.00 bits per heavy atom. The third kappa shape index (κ3) is 4.93. The standard InChI is InChI=1S/C22H26N6O/c1-27-16-18(15-26-27)14-23-20-7-5-19(6-8-20)22(29)25-13-17-4-9-21(24-12-17)28-10-2-3-11-28/h4-9,12,15-16,23H,2-3,10-11,13-14H2,1H3,(H,25,29). The van der Waals surface area contributed by atoms with E-state index < -0.39 is 0 Å². The Morgan fingerprint density at radius 2 is 1.79 bits per heavy atom. The van der Waals surface area contributed by atoms with Gasteiger partial charge in [0.25, 0.3) is 5.91 Å². The molecule has 0 atom stereocenters. The molecule has 150 valence electrons. The molecule has 1 saturated heterocycles. The van der Waals surface area contributed by atoms with Gasteiger partial charge in [0.2, 0.25) is 0 Å². The molecule has 3 heterocycles. The Hall–Kier alpha value is -3.35. The Balaban J connectivity index is 1.27. The fourth-order valence-electron chi connectivity index (χ4n) is 3.45. The summed E-state index contributed by atoms with van der Waals surface area (Å²) in [5.41, 5.74) is 3.71. The van der Waals surface area contributed by atoms with E-state index in [0.717, 1.165) is 35.7 Å². The molecule has 1 aliphatic rings. The number of hydrogen-bond acceptors (Lipinski definition) is 5. The fraction of sp³-hybridized carbons (Fsp3) is 0.318. The second-order valence-electron chi connectivity index (χ2n) is 7.35. The number of benzene rings is 1. The van der Waals surface area contributed by atoms with Crippen LogP contribution in [0.4, 0.5) is 11.5 Å². The van der Waals surface area contributed by atoms with Gasteiger partial charge in [-0.25, -0.2) is 4.98 Å². The van der Waals surface area contributed by atoms with Gasteiger partial charge in [0.05, 0.1) is 6.20 Å². The minimum Gasteiger partial charge on any atom is -0.381 e. The minimum absolute atomic E-state index is 0.0903. The molecule has 7 nitrogen and oxygen atoms in total. The molecule has 29 heavy (non-hydrogen) atoms. The third-order valence-electron chi connectivity index (χ3n) is 5.09. The first-order valence-electron chi connectivity index (χ1n) is 9.97. The van der Waals surface area contributed by atoms with E-state index in [9.17, 15) is 4.79 Å². The molecule has 2 N–H and O–H groups in total. The maximum atomic E-state index is 12.4. The van der Waals surface area contributed by atoms with Crippen molar-refractivity contribution in [1.29, 1.82) is 0 Å². The molecule has 0 aliphatic carbocycles. The summed E-state index contributed by atoms with van der Waals surface area (Å²) in [5.74, 6) is 0.930. The van der Waals surface area contributed by atoms with Gasteiger partial charge in [0.1, 0.15) is 5.82 Å². The number of rotatable bonds is 7. The van der Waals surface area contributed by atoms with Gasteiger partial charge in [-0.15, -0.1) is 0 Å². The van der Waals surface area contributed by atoms with Crippen molar-refractivity contribution in [3.05, 3.63) is 71.7 Å². The molecular formula is C22H26N6O. The van der Waals surface area contributed by atoms with Gasteiger partial charge in [0, 0.05) is 62.4 Å². The lowest BCUT2D eigenvalue weighted by atomic mass is 10.2. The molecule has 0 saturated carbocycles. The molecule has 1 fully saturated rings. The van der Waals surface area contributed by atoms with Crippen LogP contribution in [-0.4, -0.2) is 33.8 Å². The zero-order valence-electron chi connectivity index (χ0n) is 16.6. The van der Waals surface area contributed by atoms with Crippen LogP contribution in [0, 0.1) is 0 Å². The average molecular weight is 390 g/mol. The van der Waals surface area contributed by atoms with Crippen molar-refractivity contribution in [2.45, 2.75) is 25.9 Å². The second-order valence-corrected chi connectivity index (χ2v) is 7.35. The zero-order chi connectivity index (χ0) is 20.1. The van der Waals surface area contributed by atoms with E-state index in [4.69, 9.17) is 0 Å². The van der Waals surface area contributed by atoms with Crippen molar-refractivity contribution in [1.82, 2.24) is 20.1 Å².